The van der Waals surface area contributed by atoms with Gasteiger partial charge in [0.1, 0.15) is 5.78 Å². The van der Waals surface area contributed by atoms with Crippen molar-refractivity contribution >= 4 is 5.78 Å². The van der Waals surface area contributed by atoms with Crippen molar-refractivity contribution in [1.29, 1.82) is 0 Å². The first kappa shape index (κ1) is 11.3. The first-order chi connectivity index (χ1) is 6.69. The van der Waals surface area contributed by atoms with Gasteiger partial charge in [-0.25, -0.2) is 0 Å². The number of nitrogens with one attached hydrogen (secondary N) is 1. The fourth-order valence-electron chi connectivity index (χ4n) is 1.95. The minimum Gasteiger partial charge on any atom is -0.316 e. The molecule has 0 aromatic carbocycles. The van der Waals surface area contributed by atoms with Gasteiger partial charge in [0.2, 0.25) is 0 Å². The second-order valence-electron chi connectivity index (χ2n) is 4.32. The first-order valence-corrected chi connectivity index (χ1v) is 5.36. The van der Waals surface area contributed by atoms with E-state index in [1.165, 1.54) is 0 Å². The predicted octanol–water partition coefficient (Wildman–Crippen LogP) is 1.75. The molecule has 1 heterocycles. The number of Topliss-reactive ketones (excluding diaryl/α,β-unsaturated/α-hetero) is 1. The quantitative estimate of drug-likeness (QED) is 0.544. The third-order valence-corrected chi connectivity index (χ3v) is 3.00. The summed E-state index contributed by atoms with van der Waals surface area (Å²) in [7, 11) is 0. The van der Waals surface area contributed by atoms with Gasteiger partial charge in [-0.3, -0.25) is 4.79 Å². The van der Waals surface area contributed by atoms with Crippen LogP contribution in [0.15, 0.2) is 0 Å². The summed E-state index contributed by atoms with van der Waals surface area (Å²) in [6.45, 7) is 3.95. The van der Waals surface area contributed by atoms with E-state index in [9.17, 15) is 4.79 Å². The van der Waals surface area contributed by atoms with Gasteiger partial charge in [0.15, 0.2) is 0 Å². The first-order valence-electron chi connectivity index (χ1n) is 5.36. The number of ketones is 1. The van der Waals surface area contributed by atoms with Crippen LogP contribution in [-0.4, -0.2) is 18.9 Å². The van der Waals surface area contributed by atoms with Crippen molar-refractivity contribution in [3.05, 3.63) is 0 Å². The van der Waals surface area contributed by atoms with Gasteiger partial charge < -0.3 is 5.32 Å². The molecule has 14 heavy (non-hydrogen) atoms. The van der Waals surface area contributed by atoms with Gasteiger partial charge in [-0.15, -0.1) is 12.3 Å². The highest BCUT2D eigenvalue weighted by molar-refractivity contribution is 5.84. The van der Waals surface area contributed by atoms with Gasteiger partial charge in [0.05, 0.1) is 0 Å². The van der Waals surface area contributed by atoms with Crippen molar-refractivity contribution < 1.29 is 4.79 Å². The van der Waals surface area contributed by atoms with Crippen molar-refractivity contribution in [2.75, 3.05) is 13.1 Å². The fourth-order valence-corrected chi connectivity index (χ4v) is 1.95. The molecule has 1 rings (SSSR count). The average molecular weight is 193 g/mol. The van der Waals surface area contributed by atoms with E-state index in [0.29, 0.717) is 12.2 Å². The lowest BCUT2D eigenvalue weighted by Crippen LogP contribution is -2.43. The maximum Gasteiger partial charge on any atom is 0.140 e. The molecule has 0 saturated carbocycles. The van der Waals surface area contributed by atoms with Crippen LogP contribution in [0.3, 0.4) is 0 Å². The van der Waals surface area contributed by atoms with E-state index in [1.54, 1.807) is 0 Å². The number of piperidine rings is 1. The summed E-state index contributed by atoms with van der Waals surface area (Å²) < 4.78 is 0. The van der Waals surface area contributed by atoms with Crippen molar-refractivity contribution in [3.63, 3.8) is 0 Å². The van der Waals surface area contributed by atoms with E-state index in [1.807, 2.05) is 0 Å². The molecule has 1 aliphatic rings. The number of hydrogen-bond acceptors (Lipinski definition) is 2. The Morgan fingerprint density at radius 3 is 3.00 bits per heavy atom. The van der Waals surface area contributed by atoms with Crippen LogP contribution in [0.4, 0.5) is 0 Å². The summed E-state index contributed by atoms with van der Waals surface area (Å²) in [5.41, 5.74) is -0.132. The van der Waals surface area contributed by atoms with Gasteiger partial charge in [-0.05, 0) is 25.8 Å². The minimum atomic E-state index is -0.132. The second-order valence-corrected chi connectivity index (χ2v) is 4.32. The highest BCUT2D eigenvalue weighted by Crippen LogP contribution is 2.28. The maximum absolute atomic E-state index is 11.9. The summed E-state index contributed by atoms with van der Waals surface area (Å²) in [4.78, 5) is 11.9. The van der Waals surface area contributed by atoms with Crippen LogP contribution >= 0.6 is 0 Å². The molecule has 0 bridgehead atoms. The van der Waals surface area contributed by atoms with Crippen molar-refractivity contribution in [3.8, 4) is 12.3 Å². The Balaban J connectivity index is 2.38. The Kier molecular flexibility index (Phi) is 4.16. The SMILES string of the molecule is C#CCCCC(=O)C1(C)CCCNC1. The summed E-state index contributed by atoms with van der Waals surface area (Å²) in [6.07, 6.45) is 9.48. The molecule has 2 nitrogen and oxygen atoms in total. The lowest BCUT2D eigenvalue weighted by atomic mass is 9.77. The molecule has 78 valence electrons. The van der Waals surface area contributed by atoms with Crippen molar-refractivity contribution in [2.24, 2.45) is 5.41 Å². The molecule has 2 heteroatoms. The Labute approximate surface area is 86.5 Å². The molecule has 0 aromatic heterocycles. The zero-order chi connectivity index (χ0) is 10.4. The van der Waals surface area contributed by atoms with Crippen molar-refractivity contribution in [2.45, 2.75) is 39.0 Å². The van der Waals surface area contributed by atoms with Gasteiger partial charge in [0.25, 0.3) is 0 Å². The maximum atomic E-state index is 11.9. The molecular formula is C12H19NO. The number of terminal acetylenes is 1. The van der Waals surface area contributed by atoms with Gasteiger partial charge in [-0.2, -0.15) is 0 Å². The summed E-state index contributed by atoms with van der Waals surface area (Å²) in [6, 6.07) is 0. The zero-order valence-corrected chi connectivity index (χ0v) is 8.94. The van der Waals surface area contributed by atoms with Crippen molar-refractivity contribution in [1.82, 2.24) is 5.32 Å². The smallest absolute Gasteiger partial charge is 0.140 e. The highest BCUT2D eigenvalue weighted by Gasteiger charge is 2.33. The summed E-state index contributed by atoms with van der Waals surface area (Å²) >= 11 is 0. The molecule has 0 aliphatic carbocycles. The van der Waals surface area contributed by atoms with Crippen LogP contribution < -0.4 is 5.32 Å². The Morgan fingerprint density at radius 1 is 1.64 bits per heavy atom. The largest absolute Gasteiger partial charge is 0.316 e. The Hall–Kier alpha value is -0.810. The monoisotopic (exact) mass is 193 g/mol. The van der Waals surface area contributed by atoms with Crippen LogP contribution in [0.25, 0.3) is 0 Å². The Bertz CT molecular complexity index is 233. The number of carbonyl (C=O) groups is 1. The molecule has 1 aliphatic heterocycles. The molecule has 0 aromatic rings. The summed E-state index contributed by atoms with van der Waals surface area (Å²) in [5.74, 6) is 2.95. The van der Waals surface area contributed by atoms with E-state index >= 15 is 0 Å². The van der Waals surface area contributed by atoms with Crippen LogP contribution in [0.5, 0.6) is 0 Å². The molecule has 1 saturated heterocycles. The van der Waals surface area contributed by atoms with Gasteiger partial charge >= 0.3 is 0 Å². The molecule has 1 atom stereocenters. The third kappa shape index (κ3) is 2.85. The highest BCUT2D eigenvalue weighted by atomic mass is 16.1. The number of carbonyl (C=O) groups excluding carboxylic acids is 1. The molecule has 0 spiro atoms. The van der Waals surface area contributed by atoms with Crippen LogP contribution in [0.2, 0.25) is 0 Å². The van der Waals surface area contributed by atoms with Crippen LogP contribution in [0.1, 0.15) is 39.0 Å². The predicted molar refractivity (Wildman–Crippen MR) is 57.9 cm³/mol. The molecule has 0 amide bonds. The number of hydrogen-bond donors (Lipinski definition) is 1. The fraction of sp³-hybridized carbons (Fsp3) is 0.750. The van der Waals surface area contributed by atoms with Gasteiger partial charge in [-0.1, -0.05) is 6.92 Å². The van der Waals surface area contributed by atoms with E-state index in [-0.39, 0.29) is 5.41 Å². The topological polar surface area (TPSA) is 29.1 Å². The normalized spacial score (nSPS) is 26.9. The molecular weight excluding hydrogens is 174 g/mol. The lowest BCUT2D eigenvalue weighted by Gasteiger charge is -2.32. The number of rotatable bonds is 4. The molecule has 1 fully saturated rings. The zero-order valence-electron chi connectivity index (χ0n) is 8.94. The standard InChI is InChI=1S/C12H19NO/c1-3-4-5-7-11(14)12(2)8-6-9-13-10-12/h1,13H,4-10H2,2H3. The van der Waals surface area contributed by atoms with E-state index in [4.69, 9.17) is 6.42 Å². The molecule has 1 N–H and O–H groups in total. The van der Waals surface area contributed by atoms with Gasteiger partial charge in [0, 0.05) is 24.8 Å². The number of unbranched alkanes of at least 4 members (excludes halogenated alkanes) is 1. The lowest BCUT2D eigenvalue weighted by molar-refractivity contribution is -0.128. The average Bonchev–Trinajstić information content (AvgIpc) is 2.19. The second kappa shape index (κ2) is 5.17. The minimum absolute atomic E-state index is 0.132. The molecule has 1 unspecified atom stereocenters. The summed E-state index contributed by atoms with van der Waals surface area (Å²) in [5, 5.41) is 3.29. The van der Waals surface area contributed by atoms with Crippen LogP contribution in [-0.2, 0) is 4.79 Å². The molecule has 0 radical (unpaired) electrons. The Morgan fingerprint density at radius 2 is 2.43 bits per heavy atom. The van der Waals surface area contributed by atoms with E-state index in [2.05, 4.69) is 18.2 Å². The van der Waals surface area contributed by atoms with E-state index in [0.717, 1.165) is 38.8 Å². The third-order valence-electron chi connectivity index (χ3n) is 3.00. The van der Waals surface area contributed by atoms with Crippen LogP contribution in [0, 0.1) is 17.8 Å². The van der Waals surface area contributed by atoms with E-state index < -0.39 is 0 Å².